The second kappa shape index (κ2) is 6.72. The van der Waals surface area contributed by atoms with Crippen molar-refractivity contribution in [3.8, 4) is 0 Å². The first-order valence-corrected chi connectivity index (χ1v) is 9.87. The fourth-order valence-corrected chi connectivity index (χ4v) is 4.49. The molecule has 2 atom stereocenters. The van der Waals surface area contributed by atoms with Gasteiger partial charge in [-0.3, -0.25) is 0 Å². The van der Waals surface area contributed by atoms with Crippen LogP contribution in [0.3, 0.4) is 0 Å². The van der Waals surface area contributed by atoms with E-state index in [0.717, 1.165) is 55.7 Å². The molecule has 3 aliphatic heterocycles. The second-order valence-electron chi connectivity index (χ2n) is 8.01. The number of nitrogens with two attached hydrogens (primary N) is 1. The Hall–Kier alpha value is -2.71. The van der Waals surface area contributed by atoms with Crippen molar-refractivity contribution in [2.24, 2.45) is 0 Å². The van der Waals surface area contributed by atoms with E-state index in [9.17, 15) is 0 Å². The summed E-state index contributed by atoms with van der Waals surface area (Å²) in [4.78, 5) is 14.6. The van der Waals surface area contributed by atoms with Gasteiger partial charge in [0, 0.05) is 67.0 Å². The lowest BCUT2D eigenvalue weighted by Gasteiger charge is -2.53. The monoisotopic (exact) mass is 378 g/mol. The first kappa shape index (κ1) is 17.4. The van der Waals surface area contributed by atoms with E-state index < -0.39 is 0 Å². The van der Waals surface area contributed by atoms with Crippen LogP contribution in [0.5, 0.6) is 0 Å². The summed E-state index contributed by atoms with van der Waals surface area (Å²) in [6.07, 6.45) is 3.43. The van der Waals surface area contributed by atoms with Crippen LogP contribution in [0.1, 0.15) is 23.2 Å². The summed E-state index contributed by atoms with van der Waals surface area (Å²) >= 11 is 0. The maximum atomic E-state index is 7.55. The first-order valence-electron chi connectivity index (χ1n) is 9.87. The van der Waals surface area contributed by atoms with Crippen LogP contribution in [0.15, 0.2) is 18.2 Å². The minimum Gasteiger partial charge on any atom is -0.398 e. The summed E-state index contributed by atoms with van der Waals surface area (Å²) in [5.41, 5.74) is 10.4. The molecule has 0 aliphatic carbocycles. The molecule has 8 heteroatoms. The van der Waals surface area contributed by atoms with Crippen molar-refractivity contribution < 1.29 is 0 Å². The molecule has 2 bridgehead atoms. The number of nitrogen functional groups attached to an aromatic ring is 1. The summed E-state index contributed by atoms with van der Waals surface area (Å²) < 4.78 is 0. The van der Waals surface area contributed by atoms with E-state index in [0.29, 0.717) is 23.3 Å². The van der Waals surface area contributed by atoms with Crippen molar-refractivity contribution in [3.63, 3.8) is 0 Å². The van der Waals surface area contributed by atoms with Gasteiger partial charge in [-0.05, 0) is 38.1 Å². The van der Waals surface area contributed by atoms with Crippen molar-refractivity contribution in [1.82, 2.24) is 20.2 Å². The normalized spacial score (nSPS) is 23.7. The number of hydrogen-bond acceptors (Lipinski definition) is 8. The van der Waals surface area contributed by atoms with Gasteiger partial charge in [-0.1, -0.05) is 0 Å². The average molecular weight is 378 g/mol. The smallest absolute Gasteiger partial charge is 0.228 e. The van der Waals surface area contributed by atoms with E-state index >= 15 is 0 Å². The van der Waals surface area contributed by atoms with Crippen LogP contribution >= 0.6 is 0 Å². The maximum Gasteiger partial charge on any atom is 0.228 e. The summed E-state index contributed by atoms with van der Waals surface area (Å²) in [6.45, 7) is 3.84. The van der Waals surface area contributed by atoms with Gasteiger partial charge in [0.2, 0.25) is 5.95 Å². The number of aromatic nitrogens is 2. The molecule has 28 heavy (non-hydrogen) atoms. The molecule has 0 radical (unpaired) electrons. The highest BCUT2D eigenvalue weighted by atomic mass is 15.4. The highest BCUT2D eigenvalue weighted by Crippen LogP contribution is 2.35. The zero-order valence-electron chi connectivity index (χ0n) is 16.1. The van der Waals surface area contributed by atoms with Gasteiger partial charge in [0.05, 0.1) is 5.69 Å². The van der Waals surface area contributed by atoms with E-state index in [1.165, 1.54) is 18.2 Å². The molecule has 0 saturated carbocycles. The van der Waals surface area contributed by atoms with Crippen LogP contribution in [0.2, 0.25) is 0 Å². The van der Waals surface area contributed by atoms with Crippen molar-refractivity contribution >= 4 is 29.4 Å². The molecule has 5 rings (SSSR count). The van der Waals surface area contributed by atoms with Gasteiger partial charge in [0.25, 0.3) is 0 Å². The topological polar surface area (TPSA) is 106 Å². The number of anilines is 4. The Morgan fingerprint density at radius 3 is 2.86 bits per heavy atom. The predicted molar refractivity (Wildman–Crippen MR) is 112 cm³/mol. The van der Waals surface area contributed by atoms with E-state index in [2.05, 4.69) is 27.5 Å². The highest BCUT2D eigenvalue weighted by Gasteiger charge is 2.43. The molecule has 0 amide bonds. The van der Waals surface area contributed by atoms with Gasteiger partial charge in [0.15, 0.2) is 0 Å². The van der Waals surface area contributed by atoms with Crippen molar-refractivity contribution in [3.05, 3.63) is 35.0 Å². The van der Waals surface area contributed by atoms with Gasteiger partial charge >= 0.3 is 0 Å². The zero-order valence-corrected chi connectivity index (χ0v) is 16.1. The van der Waals surface area contributed by atoms with Crippen LogP contribution in [0, 0.1) is 5.41 Å². The summed E-state index contributed by atoms with van der Waals surface area (Å²) in [5.74, 6) is 1.72. The van der Waals surface area contributed by atoms with Crippen LogP contribution in [0.4, 0.5) is 23.1 Å². The van der Waals surface area contributed by atoms with Crippen molar-refractivity contribution in [2.45, 2.75) is 31.5 Å². The Balaban J connectivity index is 1.53. The van der Waals surface area contributed by atoms with E-state index in [1.807, 2.05) is 18.2 Å². The minimum absolute atomic E-state index is 0.493. The number of benzene rings is 1. The lowest BCUT2D eigenvalue weighted by atomic mass is 9.89. The standard InChI is InChI=1S/C20H26N8/c1-27-5-4-16-18(11-27)25-20(28-14-7-15(28)10-23-9-14)26-19(16)24-13-2-3-17(22)12(6-13)8-21/h2-3,6,8,14-15,21,23H,4-5,7,9-11,22H2,1H3,(H,24,25,26). The van der Waals surface area contributed by atoms with E-state index in [4.69, 9.17) is 21.1 Å². The largest absolute Gasteiger partial charge is 0.398 e. The number of nitrogens with one attached hydrogen (secondary N) is 3. The number of piperidine rings is 1. The fraction of sp³-hybridized carbons (Fsp3) is 0.450. The molecule has 2 fully saturated rings. The molecule has 2 saturated heterocycles. The molecule has 1 aromatic carbocycles. The number of piperazine rings is 1. The van der Waals surface area contributed by atoms with Gasteiger partial charge in [0.1, 0.15) is 5.82 Å². The number of fused-ring (bicyclic) bond motifs is 3. The van der Waals surface area contributed by atoms with Crippen molar-refractivity contribution in [1.29, 1.82) is 5.41 Å². The molecule has 8 nitrogen and oxygen atoms in total. The molecule has 3 aliphatic rings. The Morgan fingerprint density at radius 2 is 2.11 bits per heavy atom. The summed E-state index contributed by atoms with van der Waals surface area (Å²) in [5, 5.41) is 14.5. The Kier molecular flexibility index (Phi) is 4.17. The van der Waals surface area contributed by atoms with E-state index in [1.54, 1.807) is 0 Å². The summed E-state index contributed by atoms with van der Waals surface area (Å²) in [7, 11) is 2.14. The maximum absolute atomic E-state index is 7.55. The fourth-order valence-electron chi connectivity index (χ4n) is 4.49. The van der Waals surface area contributed by atoms with E-state index in [-0.39, 0.29) is 0 Å². The number of hydrogen-bond donors (Lipinski definition) is 4. The van der Waals surface area contributed by atoms with Gasteiger partial charge in [-0.2, -0.15) is 4.98 Å². The molecule has 1 aromatic heterocycles. The molecule has 2 aromatic rings. The zero-order chi connectivity index (χ0) is 19.3. The Labute approximate surface area is 164 Å². The third-order valence-electron chi connectivity index (χ3n) is 6.07. The Bertz CT molecular complexity index is 913. The summed E-state index contributed by atoms with van der Waals surface area (Å²) in [6, 6.07) is 6.65. The molecule has 2 unspecified atom stereocenters. The molecule has 4 heterocycles. The van der Waals surface area contributed by atoms with Gasteiger partial charge < -0.3 is 31.6 Å². The molecule has 146 valence electrons. The third-order valence-corrected chi connectivity index (χ3v) is 6.07. The van der Waals surface area contributed by atoms with Crippen LogP contribution in [0.25, 0.3) is 0 Å². The highest BCUT2D eigenvalue weighted by molar-refractivity contribution is 5.87. The minimum atomic E-state index is 0.493. The van der Waals surface area contributed by atoms with Crippen LogP contribution < -0.4 is 21.3 Å². The molecule has 0 spiro atoms. The molecule has 5 N–H and O–H groups in total. The first-order chi connectivity index (χ1) is 13.6. The SMILES string of the molecule is CN1CCc2c(nc(N3C4CNCC3C4)nc2Nc2ccc(N)c(C=N)c2)C1. The Morgan fingerprint density at radius 1 is 1.29 bits per heavy atom. The van der Waals surface area contributed by atoms with Crippen molar-refractivity contribution in [2.75, 3.05) is 42.6 Å². The molecular formula is C20H26N8. The average Bonchev–Trinajstić information content (AvgIpc) is 2.69. The van der Waals surface area contributed by atoms with Gasteiger partial charge in [-0.15, -0.1) is 0 Å². The quantitative estimate of drug-likeness (QED) is 0.470. The number of likely N-dealkylation sites (N-methyl/N-ethyl adjacent to an activating group) is 1. The van der Waals surface area contributed by atoms with Crippen LogP contribution in [-0.4, -0.2) is 59.8 Å². The predicted octanol–water partition coefficient (Wildman–Crippen LogP) is 1.34. The third kappa shape index (κ3) is 2.89. The molecular weight excluding hydrogens is 352 g/mol. The number of rotatable bonds is 4. The van der Waals surface area contributed by atoms with Crippen LogP contribution in [-0.2, 0) is 13.0 Å². The van der Waals surface area contributed by atoms with Gasteiger partial charge in [-0.25, -0.2) is 4.98 Å². The lowest BCUT2D eigenvalue weighted by molar-refractivity contribution is 0.256. The number of nitrogens with zero attached hydrogens (tertiary/aromatic N) is 4. The lowest BCUT2D eigenvalue weighted by Crippen LogP contribution is -2.68. The second-order valence-corrected chi connectivity index (χ2v) is 8.01.